The van der Waals surface area contributed by atoms with Gasteiger partial charge in [0.1, 0.15) is 0 Å². The molecule has 6 nitrogen and oxygen atoms in total. The van der Waals surface area contributed by atoms with Gasteiger partial charge in [0.15, 0.2) is 6.67 Å². The van der Waals surface area contributed by atoms with Crippen molar-refractivity contribution in [3.8, 4) is 0 Å². The molecule has 0 aliphatic rings. The van der Waals surface area contributed by atoms with Crippen LogP contribution in [0.2, 0.25) is 0 Å². The van der Waals surface area contributed by atoms with E-state index in [2.05, 4.69) is 11.5 Å². The monoisotopic (exact) mass is 166 g/mol. The van der Waals surface area contributed by atoms with Gasteiger partial charge in [-0.05, 0) is 13.8 Å². The molecule has 0 aliphatic heterocycles. The third kappa shape index (κ3) is 321. The van der Waals surface area contributed by atoms with Crippen molar-refractivity contribution in [2.24, 2.45) is 0 Å². The summed E-state index contributed by atoms with van der Waals surface area (Å²) >= 11 is 0. The van der Waals surface area contributed by atoms with E-state index >= 15 is 0 Å². The summed E-state index contributed by atoms with van der Waals surface area (Å²) in [5, 5.41) is 17.8. The van der Waals surface area contributed by atoms with Crippen molar-refractivity contribution in [2.45, 2.75) is 13.8 Å². The molecule has 0 radical (unpaired) electrons. The second kappa shape index (κ2) is 15.9. The van der Waals surface area contributed by atoms with Crippen LogP contribution in [0.3, 0.4) is 0 Å². The van der Waals surface area contributed by atoms with Crippen molar-refractivity contribution in [1.82, 2.24) is 0 Å². The molecule has 0 saturated carbocycles. The third-order valence-corrected chi connectivity index (χ3v) is 0. The predicted octanol–water partition coefficient (Wildman–Crippen LogP) is -5.06. The molecule has 0 spiro atoms. The van der Waals surface area contributed by atoms with Gasteiger partial charge in [0, 0.05) is 11.9 Å². The second-order valence-electron chi connectivity index (χ2n) is 1.34. The number of quaternary nitrogens is 2. The molecule has 6 heteroatoms. The molecule has 0 atom stereocenters. The molecule has 6 N–H and O–H groups in total. The van der Waals surface area contributed by atoms with E-state index in [1.165, 1.54) is 0 Å². The summed E-state index contributed by atoms with van der Waals surface area (Å²) < 4.78 is 0. The minimum Gasteiger partial charge on any atom is -0.550 e. The average Bonchev–Trinajstić information content (AvgIpc) is 1.60. The van der Waals surface area contributed by atoms with Crippen molar-refractivity contribution < 1.29 is 31.3 Å². The SMILES string of the molecule is CC(=O)[O-].CC(=O)[O-].[NH3+]C[NH3+]. The lowest BCUT2D eigenvalue weighted by molar-refractivity contribution is -0.596. The Morgan fingerprint density at radius 2 is 1.09 bits per heavy atom. The summed E-state index contributed by atoms with van der Waals surface area (Å²) in [7, 11) is 0. The number of hydrogen-bond acceptors (Lipinski definition) is 4. The van der Waals surface area contributed by atoms with Crippen LogP contribution in [0.4, 0.5) is 0 Å². The van der Waals surface area contributed by atoms with Crippen LogP contribution in [0.1, 0.15) is 13.8 Å². The minimum atomic E-state index is -1.08. The Labute approximate surface area is 64.8 Å². The highest BCUT2D eigenvalue weighted by atomic mass is 16.4. The van der Waals surface area contributed by atoms with Gasteiger partial charge in [0.2, 0.25) is 0 Å². The lowest BCUT2D eigenvalue weighted by atomic mass is 10.9. The van der Waals surface area contributed by atoms with Gasteiger partial charge in [-0.15, -0.1) is 0 Å². The molecule has 0 unspecified atom stereocenters. The zero-order chi connectivity index (χ0) is 9.86. The highest BCUT2D eigenvalue weighted by Gasteiger charge is 1.46. The molecular formula is C5H14N2O4. The van der Waals surface area contributed by atoms with Gasteiger partial charge in [-0.25, -0.2) is 0 Å². The van der Waals surface area contributed by atoms with E-state index in [0.717, 1.165) is 20.5 Å². The van der Waals surface area contributed by atoms with Crippen molar-refractivity contribution in [1.29, 1.82) is 0 Å². The summed E-state index contributed by atoms with van der Waals surface area (Å²) in [6.07, 6.45) is 0. The van der Waals surface area contributed by atoms with E-state index in [1.54, 1.807) is 0 Å². The quantitative estimate of drug-likeness (QED) is 0.348. The summed E-state index contributed by atoms with van der Waals surface area (Å²) in [5.41, 5.74) is 6.75. The number of carbonyl (C=O) groups excluding carboxylic acids is 2. The fraction of sp³-hybridized carbons (Fsp3) is 0.600. The zero-order valence-corrected chi connectivity index (χ0v) is 6.75. The lowest BCUT2D eigenvalue weighted by Crippen LogP contribution is -2.74. The first kappa shape index (κ1) is 16.4. The Balaban J connectivity index is -0.0000000886. The maximum absolute atomic E-state index is 8.89. The molecule has 11 heavy (non-hydrogen) atoms. The molecule has 0 saturated heterocycles. The van der Waals surface area contributed by atoms with E-state index in [1.807, 2.05) is 0 Å². The van der Waals surface area contributed by atoms with Crippen molar-refractivity contribution in [3.63, 3.8) is 0 Å². The summed E-state index contributed by atoms with van der Waals surface area (Å²) in [4.78, 5) is 17.8. The standard InChI is InChI=1S/2C2H4O2.CH6N2/c2*1-2(3)4;2-1-3/h2*1H3,(H,3,4);1-3H2. The Bertz CT molecular complexity index is 84.7. The normalized spacial score (nSPS) is 6.18. The van der Waals surface area contributed by atoms with Crippen molar-refractivity contribution in [3.05, 3.63) is 0 Å². The molecule has 0 amide bonds. The van der Waals surface area contributed by atoms with Gasteiger partial charge in [0.25, 0.3) is 0 Å². The first-order valence-corrected chi connectivity index (χ1v) is 2.82. The molecule has 0 rings (SSSR count). The summed E-state index contributed by atoms with van der Waals surface area (Å²) in [5.74, 6) is -2.17. The Morgan fingerprint density at radius 1 is 1.09 bits per heavy atom. The van der Waals surface area contributed by atoms with E-state index in [4.69, 9.17) is 19.8 Å². The van der Waals surface area contributed by atoms with Crippen LogP contribution in [0.5, 0.6) is 0 Å². The predicted molar refractivity (Wildman–Crippen MR) is 32.0 cm³/mol. The Kier molecular flexibility index (Phi) is 23.8. The molecule has 0 heterocycles. The van der Waals surface area contributed by atoms with E-state index in [-0.39, 0.29) is 0 Å². The molecule has 0 aromatic heterocycles. The average molecular weight is 166 g/mol. The maximum Gasteiger partial charge on any atom is 0.198 e. The van der Waals surface area contributed by atoms with Crippen LogP contribution in [-0.2, 0) is 9.59 Å². The van der Waals surface area contributed by atoms with E-state index in [9.17, 15) is 0 Å². The largest absolute Gasteiger partial charge is 0.550 e. The van der Waals surface area contributed by atoms with Crippen LogP contribution in [0.25, 0.3) is 0 Å². The highest BCUT2D eigenvalue weighted by Crippen LogP contribution is 1.31. The lowest BCUT2D eigenvalue weighted by Gasteiger charge is -1.77. The van der Waals surface area contributed by atoms with Gasteiger partial charge in [-0.3, -0.25) is 0 Å². The first-order valence-electron chi connectivity index (χ1n) is 2.82. The van der Waals surface area contributed by atoms with Gasteiger partial charge in [0.05, 0.1) is 0 Å². The van der Waals surface area contributed by atoms with Gasteiger partial charge >= 0.3 is 0 Å². The number of carboxylic acids is 2. The zero-order valence-electron chi connectivity index (χ0n) is 6.75. The Hall–Kier alpha value is -1.14. The Morgan fingerprint density at radius 3 is 1.09 bits per heavy atom. The number of carboxylic acid groups (broad SMARTS) is 2. The first-order chi connectivity index (χ1) is 4.88. The molecule has 0 bridgehead atoms. The number of hydrogen-bond donors (Lipinski definition) is 2. The minimum absolute atomic E-state index is 0.750. The molecule has 68 valence electrons. The molecule has 0 fully saturated rings. The number of aliphatic carboxylic acids is 2. The topological polar surface area (TPSA) is 136 Å². The van der Waals surface area contributed by atoms with Crippen LogP contribution in [0.15, 0.2) is 0 Å². The van der Waals surface area contributed by atoms with Gasteiger partial charge in [-0.1, -0.05) is 0 Å². The summed E-state index contributed by atoms with van der Waals surface area (Å²) in [6, 6.07) is 0. The van der Waals surface area contributed by atoms with Crippen molar-refractivity contribution >= 4 is 11.9 Å². The van der Waals surface area contributed by atoms with Crippen LogP contribution in [0, 0.1) is 0 Å². The number of carbonyl (C=O) groups is 2. The second-order valence-corrected chi connectivity index (χ2v) is 1.34. The maximum atomic E-state index is 8.89. The van der Waals surface area contributed by atoms with Crippen LogP contribution >= 0.6 is 0 Å². The fourth-order valence-corrected chi connectivity index (χ4v) is 0. The van der Waals surface area contributed by atoms with Crippen LogP contribution < -0.4 is 21.7 Å². The van der Waals surface area contributed by atoms with Gasteiger partial charge < -0.3 is 31.3 Å². The molecule has 0 aliphatic carbocycles. The molecule has 0 aromatic carbocycles. The van der Waals surface area contributed by atoms with E-state index in [0.29, 0.717) is 0 Å². The van der Waals surface area contributed by atoms with Crippen molar-refractivity contribution in [2.75, 3.05) is 6.67 Å². The fourth-order valence-electron chi connectivity index (χ4n) is 0. The van der Waals surface area contributed by atoms with E-state index < -0.39 is 11.9 Å². The molecule has 0 aromatic rings. The third-order valence-electron chi connectivity index (χ3n) is 0. The smallest absolute Gasteiger partial charge is 0.198 e. The molecular weight excluding hydrogens is 152 g/mol. The summed E-state index contributed by atoms with van der Waals surface area (Å²) in [6.45, 7) is 2.69. The number of rotatable bonds is 0. The van der Waals surface area contributed by atoms with Gasteiger partial charge in [-0.2, -0.15) is 0 Å². The van der Waals surface area contributed by atoms with Crippen LogP contribution in [-0.4, -0.2) is 18.6 Å². The highest BCUT2D eigenvalue weighted by molar-refractivity contribution is 5.60.